The van der Waals surface area contributed by atoms with Gasteiger partial charge in [-0.25, -0.2) is 14.8 Å². The molecule has 6 heterocycles. The molecule has 40 heavy (non-hydrogen) atoms. The van der Waals surface area contributed by atoms with Crippen LogP contribution in [-0.2, 0) is 9.59 Å². The number of aliphatic carboxylic acids is 1. The third kappa shape index (κ3) is 5.05. The Balaban J connectivity index is 1.15. The number of fused-ring (bicyclic) bond motifs is 1. The van der Waals surface area contributed by atoms with Crippen LogP contribution in [0.1, 0.15) is 46.0 Å². The molecular formula is C27H41N9O3S. The number of amides is 1. The molecule has 0 radical (unpaired) electrons. The first-order chi connectivity index (χ1) is 19.3. The van der Waals surface area contributed by atoms with Gasteiger partial charge in [0.1, 0.15) is 11.4 Å². The number of β-lactam (4-membered cyclic amide) rings is 1. The molecular weight excluding hydrogens is 530 g/mol. The first-order valence-electron chi connectivity index (χ1n) is 14.6. The van der Waals surface area contributed by atoms with Gasteiger partial charge in [0, 0.05) is 56.4 Å². The average molecular weight is 572 g/mol. The molecule has 0 bridgehead atoms. The number of aliphatic imine (C=N–C) groups is 4. The largest absolute Gasteiger partial charge is 0.480 e. The lowest BCUT2D eigenvalue weighted by molar-refractivity contribution is -0.164. The van der Waals surface area contributed by atoms with E-state index in [0.29, 0.717) is 11.8 Å². The van der Waals surface area contributed by atoms with Gasteiger partial charge in [0.25, 0.3) is 11.6 Å². The highest BCUT2D eigenvalue weighted by Gasteiger charge is 2.72. The third-order valence-corrected chi connectivity index (χ3v) is 10.7. The molecule has 0 saturated carbocycles. The van der Waals surface area contributed by atoms with E-state index in [1.54, 1.807) is 12.7 Å². The van der Waals surface area contributed by atoms with Crippen LogP contribution in [0.4, 0.5) is 0 Å². The molecule has 3 N–H and O–H groups in total. The van der Waals surface area contributed by atoms with E-state index < -0.39 is 27.8 Å². The lowest BCUT2D eigenvalue weighted by Crippen LogP contribution is -2.72. The first-order valence-corrected chi connectivity index (χ1v) is 15.5. The molecule has 1 amide bonds. The summed E-state index contributed by atoms with van der Waals surface area (Å²) in [4.78, 5) is 50.5. The monoisotopic (exact) mass is 571 g/mol. The normalized spacial score (nSPS) is 32.8. The van der Waals surface area contributed by atoms with E-state index in [2.05, 4.69) is 30.4 Å². The number of hydrogen-bond acceptors (Lipinski definition) is 9. The number of nitrogens with one attached hydrogen (secondary N) is 2. The Morgan fingerprint density at radius 1 is 1.02 bits per heavy atom. The van der Waals surface area contributed by atoms with Crippen LogP contribution in [0.25, 0.3) is 0 Å². The van der Waals surface area contributed by atoms with Gasteiger partial charge in [-0.05, 0) is 45.4 Å². The van der Waals surface area contributed by atoms with Crippen LogP contribution in [0.5, 0.6) is 0 Å². The standard InChI is InChI=1S/C27H41N9O3S/c1-26(2)21(23(37)38)36-24(39)27(25(36)40-26,33-17-35-13-5-19(6-14-35)22-30-9-10-31-22)32-16-34-11-3-18(4-12-34)15-20-28-7-8-29-20/h16-19,21,25H,3-15H2,1-2H3,(H,28,29)(H,30,31)(H,37,38)/t21-,25+,27+/m0/s1. The van der Waals surface area contributed by atoms with Gasteiger partial charge in [0.15, 0.2) is 0 Å². The summed E-state index contributed by atoms with van der Waals surface area (Å²) in [5.41, 5.74) is -1.33. The highest BCUT2D eigenvalue weighted by atomic mass is 32.2. The van der Waals surface area contributed by atoms with Crippen LogP contribution < -0.4 is 10.6 Å². The van der Waals surface area contributed by atoms with E-state index in [9.17, 15) is 14.7 Å². The second-order valence-corrected chi connectivity index (χ2v) is 13.9. The SMILES string of the molecule is CC1(C)S[C@H]2N(C(=O)[C@@]2(N=CN2CCC(CC3=NCCN3)CC2)N=CN2CCC(C3=NCCN3)CC2)[C@H]1C(=O)O. The fourth-order valence-electron chi connectivity index (χ4n) is 6.74. The van der Waals surface area contributed by atoms with E-state index in [1.807, 2.05) is 13.8 Å². The summed E-state index contributed by atoms with van der Waals surface area (Å²) in [6.07, 6.45) is 8.64. The zero-order valence-corrected chi connectivity index (χ0v) is 24.3. The van der Waals surface area contributed by atoms with Crippen LogP contribution in [0, 0.1) is 11.8 Å². The van der Waals surface area contributed by atoms with E-state index in [4.69, 9.17) is 9.98 Å². The average Bonchev–Trinajstić information content (AvgIpc) is 3.70. The number of hydrogen-bond donors (Lipinski definition) is 3. The summed E-state index contributed by atoms with van der Waals surface area (Å²) >= 11 is 1.49. The number of thioether (sulfide) groups is 1. The van der Waals surface area contributed by atoms with Crippen molar-refractivity contribution in [2.24, 2.45) is 31.8 Å². The van der Waals surface area contributed by atoms with Gasteiger partial charge < -0.3 is 30.4 Å². The summed E-state index contributed by atoms with van der Waals surface area (Å²) in [5.74, 6) is 1.99. The summed E-state index contributed by atoms with van der Waals surface area (Å²) < 4.78 is -0.637. The molecule has 0 aromatic heterocycles. The molecule has 4 fully saturated rings. The molecule has 0 spiro atoms. The van der Waals surface area contributed by atoms with Crippen LogP contribution in [0.3, 0.4) is 0 Å². The summed E-state index contributed by atoms with van der Waals surface area (Å²) in [6, 6.07) is -0.896. The number of carboxylic acid groups (broad SMARTS) is 1. The first kappa shape index (κ1) is 27.3. The fourth-order valence-corrected chi connectivity index (χ4v) is 8.38. The molecule has 0 aromatic rings. The second-order valence-electron chi connectivity index (χ2n) is 12.2. The minimum Gasteiger partial charge on any atom is -0.480 e. The zero-order chi connectivity index (χ0) is 27.9. The van der Waals surface area contributed by atoms with Crippen molar-refractivity contribution in [3.05, 3.63) is 0 Å². The molecule has 0 unspecified atom stereocenters. The lowest BCUT2D eigenvalue weighted by Gasteiger charge is -2.48. The fraction of sp³-hybridized carbons (Fsp3) is 0.778. The summed E-state index contributed by atoms with van der Waals surface area (Å²) in [7, 11) is 0. The van der Waals surface area contributed by atoms with Crippen molar-refractivity contribution in [2.75, 3.05) is 52.4 Å². The van der Waals surface area contributed by atoms with Crippen LogP contribution in [-0.4, -0.2) is 130 Å². The number of carboxylic acids is 1. The number of piperidine rings is 2. The number of carbonyl (C=O) groups excluding carboxylic acids is 1. The van der Waals surface area contributed by atoms with Gasteiger partial charge in [-0.3, -0.25) is 14.8 Å². The maximum absolute atomic E-state index is 13.7. The Kier molecular flexibility index (Phi) is 7.43. The number of carbonyl (C=O) groups is 2. The Labute approximate surface area is 239 Å². The number of amidine groups is 2. The van der Waals surface area contributed by atoms with Crippen molar-refractivity contribution in [3.63, 3.8) is 0 Å². The molecule has 6 aliphatic heterocycles. The van der Waals surface area contributed by atoms with Gasteiger partial charge >= 0.3 is 5.97 Å². The third-order valence-electron chi connectivity index (χ3n) is 9.06. The molecule has 13 heteroatoms. The Morgan fingerprint density at radius 2 is 1.65 bits per heavy atom. The van der Waals surface area contributed by atoms with Crippen molar-refractivity contribution >= 4 is 48.0 Å². The number of rotatable bonds is 8. The molecule has 0 aliphatic carbocycles. The highest BCUT2D eigenvalue weighted by Crippen LogP contribution is 2.56. The molecule has 218 valence electrons. The predicted octanol–water partition coefficient (Wildman–Crippen LogP) is 0.704. The molecule has 4 saturated heterocycles. The van der Waals surface area contributed by atoms with E-state index in [1.165, 1.54) is 16.7 Å². The van der Waals surface area contributed by atoms with Crippen LogP contribution in [0.15, 0.2) is 20.0 Å². The summed E-state index contributed by atoms with van der Waals surface area (Å²) in [6.45, 7) is 10.8. The minimum absolute atomic E-state index is 0.324. The van der Waals surface area contributed by atoms with Crippen LogP contribution in [0.2, 0.25) is 0 Å². The Bertz CT molecular complexity index is 1120. The van der Waals surface area contributed by atoms with Crippen molar-refractivity contribution < 1.29 is 14.7 Å². The number of likely N-dealkylation sites (tertiary alicyclic amines) is 2. The van der Waals surface area contributed by atoms with Crippen molar-refractivity contribution in [3.8, 4) is 0 Å². The van der Waals surface area contributed by atoms with Crippen molar-refractivity contribution in [1.82, 2.24) is 25.3 Å². The van der Waals surface area contributed by atoms with Crippen molar-refractivity contribution in [2.45, 2.75) is 67.8 Å². The van der Waals surface area contributed by atoms with E-state index >= 15 is 0 Å². The van der Waals surface area contributed by atoms with Gasteiger partial charge in [0.05, 0.1) is 37.4 Å². The number of nitrogens with zero attached hydrogens (tertiary/aromatic N) is 7. The maximum Gasteiger partial charge on any atom is 0.327 e. The molecule has 12 nitrogen and oxygen atoms in total. The van der Waals surface area contributed by atoms with E-state index in [-0.39, 0.29) is 5.91 Å². The highest BCUT2D eigenvalue weighted by molar-refractivity contribution is 8.01. The van der Waals surface area contributed by atoms with Gasteiger partial charge in [0.2, 0.25) is 0 Å². The Morgan fingerprint density at radius 3 is 2.23 bits per heavy atom. The lowest BCUT2D eigenvalue weighted by atomic mass is 9.92. The van der Waals surface area contributed by atoms with Crippen molar-refractivity contribution in [1.29, 1.82) is 0 Å². The predicted molar refractivity (Wildman–Crippen MR) is 157 cm³/mol. The van der Waals surface area contributed by atoms with Crippen LogP contribution >= 0.6 is 11.8 Å². The van der Waals surface area contributed by atoms with Gasteiger partial charge in [-0.1, -0.05) is 0 Å². The second kappa shape index (κ2) is 10.9. The Hall–Kier alpha value is -2.83. The maximum atomic E-state index is 13.7. The molecule has 0 aromatic carbocycles. The van der Waals surface area contributed by atoms with Gasteiger partial charge in [-0.2, -0.15) is 0 Å². The van der Waals surface area contributed by atoms with Gasteiger partial charge in [-0.15, -0.1) is 11.8 Å². The summed E-state index contributed by atoms with van der Waals surface area (Å²) in [5, 5.41) is 16.3. The van der Waals surface area contributed by atoms with E-state index in [0.717, 1.165) is 96.1 Å². The smallest absolute Gasteiger partial charge is 0.327 e. The minimum atomic E-state index is -1.33. The quantitative estimate of drug-likeness (QED) is 0.220. The zero-order valence-electron chi connectivity index (χ0n) is 23.5. The molecule has 3 atom stereocenters. The topological polar surface area (TPSA) is 138 Å². The molecule has 6 aliphatic rings. The molecule has 6 rings (SSSR count).